The standard InChI is InChI=1S/C17H29N3O2/c1-3-4-5-6-11-19-17(18)20-12-13-22-14-15-7-9-16(21-2)10-8-15/h7-10H,3-6,11-14H2,1-2H3,(H3,18,19,20). The minimum absolute atomic E-state index is 0.504. The molecule has 0 unspecified atom stereocenters. The predicted molar refractivity (Wildman–Crippen MR) is 91.3 cm³/mol. The molecule has 124 valence electrons. The molecule has 0 spiro atoms. The number of hydrogen-bond donors (Lipinski definition) is 2. The highest BCUT2D eigenvalue weighted by Gasteiger charge is 1.96. The predicted octanol–water partition coefficient (Wildman–Crippen LogP) is 2.70. The number of nitrogens with two attached hydrogens (primary N) is 1. The Kier molecular flexibility index (Phi) is 9.87. The molecule has 1 rings (SSSR count). The molecule has 0 aliphatic rings. The van der Waals surface area contributed by atoms with E-state index in [4.69, 9.17) is 15.2 Å². The second-order valence-corrected chi connectivity index (χ2v) is 5.16. The molecule has 3 N–H and O–H groups in total. The topological polar surface area (TPSA) is 68.9 Å². The summed E-state index contributed by atoms with van der Waals surface area (Å²) in [6, 6.07) is 7.86. The first-order chi connectivity index (χ1) is 10.8. The number of methoxy groups -OCH3 is 1. The lowest BCUT2D eigenvalue weighted by Crippen LogP contribution is -2.34. The van der Waals surface area contributed by atoms with E-state index in [0.717, 1.165) is 24.3 Å². The van der Waals surface area contributed by atoms with Crippen LogP contribution in [0.1, 0.15) is 38.2 Å². The van der Waals surface area contributed by atoms with Crippen molar-refractivity contribution in [1.82, 2.24) is 5.32 Å². The molecule has 0 amide bonds. The van der Waals surface area contributed by atoms with Crippen LogP contribution >= 0.6 is 0 Å². The molecule has 22 heavy (non-hydrogen) atoms. The van der Waals surface area contributed by atoms with Gasteiger partial charge in [0, 0.05) is 13.1 Å². The minimum atomic E-state index is 0.504. The van der Waals surface area contributed by atoms with E-state index in [0.29, 0.717) is 25.7 Å². The Bertz CT molecular complexity index is 418. The summed E-state index contributed by atoms with van der Waals surface area (Å²) in [7, 11) is 1.66. The van der Waals surface area contributed by atoms with Crippen LogP contribution in [0.3, 0.4) is 0 Å². The van der Waals surface area contributed by atoms with Crippen LogP contribution in [0.15, 0.2) is 29.3 Å². The van der Waals surface area contributed by atoms with Gasteiger partial charge in [-0.15, -0.1) is 0 Å². The fourth-order valence-electron chi connectivity index (χ4n) is 1.96. The van der Waals surface area contributed by atoms with Gasteiger partial charge in [-0.05, 0) is 24.1 Å². The summed E-state index contributed by atoms with van der Waals surface area (Å²) in [5, 5.41) is 3.06. The molecule has 0 heterocycles. The van der Waals surface area contributed by atoms with Crippen molar-refractivity contribution in [3.63, 3.8) is 0 Å². The van der Waals surface area contributed by atoms with Crippen molar-refractivity contribution in [2.45, 2.75) is 39.2 Å². The summed E-state index contributed by atoms with van der Waals surface area (Å²) < 4.78 is 10.7. The highest BCUT2D eigenvalue weighted by Crippen LogP contribution is 2.11. The molecular weight excluding hydrogens is 278 g/mol. The Morgan fingerprint density at radius 3 is 2.64 bits per heavy atom. The summed E-state index contributed by atoms with van der Waals surface area (Å²) in [6.45, 7) is 4.84. The Hall–Kier alpha value is -1.75. The van der Waals surface area contributed by atoms with E-state index < -0.39 is 0 Å². The van der Waals surface area contributed by atoms with Crippen molar-refractivity contribution >= 4 is 5.96 Å². The first-order valence-corrected chi connectivity index (χ1v) is 8.00. The van der Waals surface area contributed by atoms with Crippen LogP contribution in [0.5, 0.6) is 5.75 Å². The molecule has 0 saturated carbocycles. The summed E-state index contributed by atoms with van der Waals surface area (Å²) >= 11 is 0. The Morgan fingerprint density at radius 1 is 1.18 bits per heavy atom. The average molecular weight is 307 g/mol. The number of hydrogen-bond acceptors (Lipinski definition) is 3. The number of nitrogens with one attached hydrogen (secondary N) is 1. The van der Waals surface area contributed by atoms with Gasteiger partial charge in [0.1, 0.15) is 5.75 Å². The van der Waals surface area contributed by atoms with Crippen LogP contribution < -0.4 is 15.8 Å². The summed E-state index contributed by atoms with van der Waals surface area (Å²) in [4.78, 5) is 4.28. The van der Waals surface area contributed by atoms with E-state index >= 15 is 0 Å². The van der Waals surface area contributed by atoms with E-state index in [1.807, 2.05) is 24.3 Å². The van der Waals surface area contributed by atoms with E-state index in [-0.39, 0.29) is 0 Å². The monoisotopic (exact) mass is 307 g/mol. The van der Waals surface area contributed by atoms with Crippen molar-refractivity contribution in [2.75, 3.05) is 26.8 Å². The molecule has 0 aliphatic heterocycles. The van der Waals surface area contributed by atoms with Gasteiger partial charge in [-0.2, -0.15) is 0 Å². The lowest BCUT2D eigenvalue weighted by molar-refractivity contribution is 0.125. The molecular formula is C17H29N3O2. The van der Waals surface area contributed by atoms with E-state index in [9.17, 15) is 0 Å². The largest absolute Gasteiger partial charge is 0.497 e. The summed E-state index contributed by atoms with van der Waals surface area (Å²) in [6.07, 6.45) is 4.83. The van der Waals surface area contributed by atoms with Gasteiger partial charge in [-0.1, -0.05) is 38.3 Å². The van der Waals surface area contributed by atoms with Gasteiger partial charge in [0.25, 0.3) is 0 Å². The number of aliphatic imine (C=N–C) groups is 1. The lowest BCUT2D eigenvalue weighted by atomic mass is 10.2. The van der Waals surface area contributed by atoms with Crippen LogP contribution in [-0.2, 0) is 11.3 Å². The molecule has 0 atom stereocenters. The maximum Gasteiger partial charge on any atom is 0.188 e. The molecule has 5 nitrogen and oxygen atoms in total. The molecule has 0 bridgehead atoms. The van der Waals surface area contributed by atoms with E-state index in [1.54, 1.807) is 7.11 Å². The molecule has 1 aromatic rings. The number of guanidine groups is 1. The zero-order valence-corrected chi connectivity index (χ0v) is 13.8. The summed E-state index contributed by atoms with van der Waals surface area (Å²) in [5.74, 6) is 1.36. The SMILES string of the molecule is CCCCCCN=C(N)NCCOCc1ccc(OC)cc1. The van der Waals surface area contributed by atoms with E-state index in [1.165, 1.54) is 19.3 Å². The third-order valence-corrected chi connectivity index (χ3v) is 3.27. The molecule has 5 heteroatoms. The van der Waals surface area contributed by atoms with Gasteiger partial charge < -0.3 is 20.5 Å². The van der Waals surface area contributed by atoms with Crippen molar-refractivity contribution in [3.05, 3.63) is 29.8 Å². The zero-order chi connectivity index (χ0) is 16.0. The first kappa shape index (κ1) is 18.3. The third-order valence-electron chi connectivity index (χ3n) is 3.27. The van der Waals surface area contributed by atoms with Gasteiger partial charge in [0.2, 0.25) is 0 Å². The number of benzene rings is 1. The van der Waals surface area contributed by atoms with Crippen molar-refractivity contribution < 1.29 is 9.47 Å². The van der Waals surface area contributed by atoms with Crippen LogP contribution in [0, 0.1) is 0 Å². The molecule has 1 aromatic carbocycles. The molecule has 0 saturated heterocycles. The second kappa shape index (κ2) is 11.9. The van der Waals surface area contributed by atoms with E-state index in [2.05, 4.69) is 17.2 Å². The van der Waals surface area contributed by atoms with Crippen LogP contribution in [0.4, 0.5) is 0 Å². The first-order valence-electron chi connectivity index (χ1n) is 8.00. The number of nitrogens with zero attached hydrogens (tertiary/aromatic N) is 1. The van der Waals surface area contributed by atoms with Gasteiger partial charge in [-0.3, -0.25) is 4.99 Å². The van der Waals surface area contributed by atoms with Crippen molar-refractivity contribution in [2.24, 2.45) is 10.7 Å². The van der Waals surface area contributed by atoms with Gasteiger partial charge in [0.15, 0.2) is 5.96 Å². The zero-order valence-electron chi connectivity index (χ0n) is 13.8. The number of unbranched alkanes of at least 4 members (excludes halogenated alkanes) is 3. The van der Waals surface area contributed by atoms with Crippen molar-refractivity contribution in [1.29, 1.82) is 0 Å². The Labute approximate surface area is 133 Å². The second-order valence-electron chi connectivity index (χ2n) is 5.16. The average Bonchev–Trinajstić information content (AvgIpc) is 2.55. The third kappa shape index (κ3) is 8.52. The number of ether oxygens (including phenoxy) is 2. The van der Waals surface area contributed by atoms with Crippen LogP contribution in [0.25, 0.3) is 0 Å². The molecule has 0 fully saturated rings. The highest BCUT2D eigenvalue weighted by molar-refractivity contribution is 5.77. The Morgan fingerprint density at radius 2 is 1.95 bits per heavy atom. The summed E-state index contributed by atoms with van der Waals surface area (Å²) in [5.41, 5.74) is 6.91. The van der Waals surface area contributed by atoms with Gasteiger partial charge in [-0.25, -0.2) is 0 Å². The van der Waals surface area contributed by atoms with Gasteiger partial charge >= 0.3 is 0 Å². The fourth-order valence-corrected chi connectivity index (χ4v) is 1.96. The highest BCUT2D eigenvalue weighted by atomic mass is 16.5. The molecule has 0 aromatic heterocycles. The Balaban J connectivity index is 2.05. The van der Waals surface area contributed by atoms with Crippen molar-refractivity contribution in [3.8, 4) is 5.75 Å². The molecule has 0 aliphatic carbocycles. The molecule has 0 radical (unpaired) electrons. The lowest BCUT2D eigenvalue weighted by Gasteiger charge is -2.07. The van der Waals surface area contributed by atoms with Gasteiger partial charge in [0.05, 0.1) is 20.3 Å². The normalized spacial score (nSPS) is 11.5. The minimum Gasteiger partial charge on any atom is -0.497 e. The fraction of sp³-hybridized carbons (Fsp3) is 0.588. The van der Waals surface area contributed by atoms with Crippen LogP contribution in [0.2, 0.25) is 0 Å². The van der Waals surface area contributed by atoms with Crippen LogP contribution in [-0.4, -0.2) is 32.8 Å². The maximum absolute atomic E-state index is 5.78. The smallest absolute Gasteiger partial charge is 0.188 e. The quantitative estimate of drug-likeness (QED) is 0.375. The maximum atomic E-state index is 5.78. The number of rotatable bonds is 11.